The highest BCUT2D eigenvalue weighted by Crippen LogP contribution is 2.32. The van der Waals surface area contributed by atoms with Crippen molar-refractivity contribution in [3.63, 3.8) is 0 Å². The maximum Gasteiger partial charge on any atom is 0.407 e. The van der Waals surface area contributed by atoms with Gasteiger partial charge in [0.05, 0.1) is 31.8 Å². The fourth-order valence-electron chi connectivity index (χ4n) is 2.92. The number of rotatable bonds is 5. The molecule has 8 nitrogen and oxygen atoms in total. The van der Waals surface area contributed by atoms with Crippen molar-refractivity contribution in [3.8, 4) is 0 Å². The van der Waals surface area contributed by atoms with Crippen molar-refractivity contribution in [1.29, 1.82) is 0 Å². The van der Waals surface area contributed by atoms with Crippen molar-refractivity contribution in [2.75, 3.05) is 26.3 Å². The number of likely N-dealkylation sites (tertiary alicyclic amines) is 1. The van der Waals surface area contributed by atoms with E-state index in [9.17, 15) is 19.8 Å². The van der Waals surface area contributed by atoms with Gasteiger partial charge in [-0.1, -0.05) is 19.6 Å². The molecular formula is C13H25N3O5Si. The molecule has 22 heavy (non-hydrogen) atoms. The Balaban J connectivity index is 1.94. The van der Waals surface area contributed by atoms with Crippen LogP contribution in [-0.4, -0.2) is 79.3 Å². The molecule has 126 valence electrons. The average molecular weight is 331 g/mol. The number of amides is 2. The van der Waals surface area contributed by atoms with E-state index >= 15 is 0 Å². The van der Waals surface area contributed by atoms with Crippen molar-refractivity contribution in [2.45, 2.75) is 43.3 Å². The lowest BCUT2D eigenvalue weighted by molar-refractivity contribution is 0.0959. The first kappa shape index (κ1) is 17.0. The summed E-state index contributed by atoms with van der Waals surface area (Å²) in [5.41, 5.74) is -1.02. The third-order valence-electron chi connectivity index (χ3n) is 4.34. The first-order valence-electron chi connectivity index (χ1n) is 7.47. The van der Waals surface area contributed by atoms with Crippen LogP contribution in [0.2, 0.25) is 25.7 Å². The largest absolute Gasteiger partial charge is 0.465 e. The van der Waals surface area contributed by atoms with Crippen molar-refractivity contribution >= 4 is 20.3 Å². The molecule has 3 unspecified atom stereocenters. The lowest BCUT2D eigenvalue weighted by Gasteiger charge is -2.42. The maximum absolute atomic E-state index is 12.0. The molecule has 3 atom stereocenters. The summed E-state index contributed by atoms with van der Waals surface area (Å²) < 4.78 is 5.19. The van der Waals surface area contributed by atoms with Gasteiger partial charge in [0, 0.05) is 14.6 Å². The molecule has 2 saturated heterocycles. The Morgan fingerprint density at radius 1 is 1.45 bits per heavy atom. The van der Waals surface area contributed by atoms with Gasteiger partial charge in [-0.15, -0.1) is 0 Å². The van der Waals surface area contributed by atoms with E-state index in [1.165, 1.54) is 4.90 Å². The number of carbonyl (C=O) groups is 2. The Morgan fingerprint density at radius 3 is 2.55 bits per heavy atom. The first-order chi connectivity index (χ1) is 10.2. The molecule has 2 heterocycles. The summed E-state index contributed by atoms with van der Waals surface area (Å²) in [4.78, 5) is 24.5. The number of aliphatic hydroxyl groups is 1. The summed E-state index contributed by atoms with van der Waals surface area (Å²) in [7, 11) is -1.29. The van der Waals surface area contributed by atoms with Crippen LogP contribution in [0.1, 0.15) is 0 Å². The number of ether oxygens (including phenoxy) is 1. The quantitative estimate of drug-likeness (QED) is 0.532. The van der Waals surface area contributed by atoms with Crippen molar-refractivity contribution in [3.05, 3.63) is 0 Å². The lowest BCUT2D eigenvalue weighted by atomic mass is 9.86. The van der Waals surface area contributed by atoms with E-state index < -0.39 is 25.8 Å². The smallest absolute Gasteiger partial charge is 0.407 e. The van der Waals surface area contributed by atoms with E-state index in [2.05, 4.69) is 30.3 Å². The van der Waals surface area contributed by atoms with E-state index in [1.54, 1.807) is 0 Å². The second-order valence-electron chi connectivity index (χ2n) is 7.25. The van der Waals surface area contributed by atoms with E-state index in [0.717, 1.165) is 6.04 Å². The van der Waals surface area contributed by atoms with Gasteiger partial charge >= 0.3 is 12.2 Å². The molecular weight excluding hydrogens is 306 g/mol. The second-order valence-corrected chi connectivity index (χ2v) is 12.9. The molecule has 2 aliphatic rings. The van der Waals surface area contributed by atoms with E-state index in [1.807, 2.05) is 0 Å². The second kappa shape index (κ2) is 6.05. The molecule has 0 aromatic heterocycles. The van der Waals surface area contributed by atoms with Gasteiger partial charge in [0.15, 0.2) is 0 Å². The average Bonchev–Trinajstić information content (AvgIpc) is 2.55. The van der Waals surface area contributed by atoms with Crippen LogP contribution in [-0.2, 0) is 4.74 Å². The van der Waals surface area contributed by atoms with Crippen LogP contribution in [0.3, 0.4) is 0 Å². The molecule has 0 aromatic rings. The Kier molecular flexibility index (Phi) is 4.69. The normalized spacial score (nSPS) is 30.5. The highest BCUT2D eigenvalue weighted by molar-refractivity contribution is 6.76. The number of nitrogens with zero attached hydrogens (tertiary/aromatic N) is 1. The SMILES string of the molecule is C[Si](C)(C)CCOC(=O)NC1(CO)CN(C(=O)O)C2CNC21. The molecule has 2 amide bonds. The Labute approximate surface area is 130 Å². The molecule has 2 rings (SSSR count). The van der Waals surface area contributed by atoms with E-state index in [-0.39, 0.29) is 25.2 Å². The van der Waals surface area contributed by atoms with Gasteiger partial charge in [-0.3, -0.25) is 4.90 Å². The molecule has 0 spiro atoms. The fourth-order valence-corrected chi connectivity index (χ4v) is 3.63. The van der Waals surface area contributed by atoms with Gasteiger partial charge in [-0.25, -0.2) is 9.59 Å². The van der Waals surface area contributed by atoms with Crippen LogP contribution in [0.4, 0.5) is 9.59 Å². The van der Waals surface area contributed by atoms with Crippen LogP contribution in [0.15, 0.2) is 0 Å². The summed E-state index contributed by atoms with van der Waals surface area (Å²) in [5, 5.41) is 24.7. The van der Waals surface area contributed by atoms with Gasteiger partial charge in [0.2, 0.25) is 0 Å². The zero-order chi connectivity index (χ0) is 16.5. The standard InChI is InChI=1S/C13H25N3O5Si/c1-22(2,3)5-4-21-11(18)15-13(8-17)7-16(12(19)20)9-6-14-10(9)13/h9-10,14,17H,4-8H2,1-3H3,(H,15,18)(H,19,20). The Bertz CT molecular complexity index is 455. The van der Waals surface area contributed by atoms with Crippen LogP contribution >= 0.6 is 0 Å². The van der Waals surface area contributed by atoms with Gasteiger partial charge in [0.1, 0.15) is 5.54 Å². The van der Waals surface area contributed by atoms with Crippen LogP contribution in [0, 0.1) is 0 Å². The summed E-state index contributed by atoms with van der Waals surface area (Å²) in [5.74, 6) is 0. The zero-order valence-corrected chi connectivity index (χ0v) is 14.3. The number of hydrogen-bond donors (Lipinski definition) is 4. The van der Waals surface area contributed by atoms with Crippen LogP contribution < -0.4 is 10.6 Å². The predicted octanol–water partition coefficient (Wildman–Crippen LogP) is 0.116. The molecule has 0 saturated carbocycles. The molecule has 0 bridgehead atoms. The third kappa shape index (κ3) is 3.36. The number of carboxylic acid groups (broad SMARTS) is 1. The van der Waals surface area contributed by atoms with Crippen molar-refractivity contribution in [1.82, 2.24) is 15.5 Å². The van der Waals surface area contributed by atoms with Crippen LogP contribution in [0.5, 0.6) is 0 Å². The fraction of sp³-hybridized carbons (Fsp3) is 0.846. The number of aliphatic hydroxyl groups excluding tert-OH is 1. The van der Waals surface area contributed by atoms with Crippen molar-refractivity contribution < 1.29 is 24.5 Å². The number of alkyl carbamates (subject to hydrolysis) is 1. The lowest BCUT2D eigenvalue weighted by Crippen LogP contribution is -2.71. The molecule has 4 N–H and O–H groups in total. The highest BCUT2D eigenvalue weighted by Gasteiger charge is 2.59. The Morgan fingerprint density at radius 2 is 2.14 bits per heavy atom. The number of fused-ring (bicyclic) bond motifs is 1. The minimum absolute atomic E-state index is 0.0598. The van der Waals surface area contributed by atoms with Gasteiger partial charge < -0.3 is 25.6 Å². The molecule has 0 aliphatic carbocycles. The molecule has 0 aromatic carbocycles. The molecule has 0 radical (unpaired) electrons. The molecule has 2 aliphatic heterocycles. The highest BCUT2D eigenvalue weighted by atomic mass is 28.3. The minimum Gasteiger partial charge on any atom is -0.465 e. The topological polar surface area (TPSA) is 111 Å². The number of hydrogen-bond acceptors (Lipinski definition) is 5. The van der Waals surface area contributed by atoms with Crippen LogP contribution in [0.25, 0.3) is 0 Å². The first-order valence-corrected chi connectivity index (χ1v) is 11.2. The zero-order valence-electron chi connectivity index (χ0n) is 13.3. The summed E-state index contributed by atoms with van der Waals surface area (Å²) in [6.45, 7) is 7.16. The van der Waals surface area contributed by atoms with Crippen molar-refractivity contribution in [2.24, 2.45) is 0 Å². The van der Waals surface area contributed by atoms with Gasteiger partial charge in [0.25, 0.3) is 0 Å². The monoisotopic (exact) mass is 331 g/mol. The predicted molar refractivity (Wildman–Crippen MR) is 82.8 cm³/mol. The number of nitrogens with one attached hydrogen (secondary N) is 2. The summed E-state index contributed by atoms with van der Waals surface area (Å²) in [6.07, 6.45) is -1.65. The minimum atomic E-state index is -1.29. The van der Waals surface area contributed by atoms with E-state index in [0.29, 0.717) is 13.2 Å². The van der Waals surface area contributed by atoms with Gasteiger partial charge in [-0.2, -0.15) is 0 Å². The maximum atomic E-state index is 12.0. The van der Waals surface area contributed by atoms with Gasteiger partial charge in [-0.05, 0) is 6.04 Å². The molecule has 2 fully saturated rings. The number of carbonyl (C=O) groups excluding carboxylic acids is 1. The third-order valence-corrected chi connectivity index (χ3v) is 6.05. The summed E-state index contributed by atoms with van der Waals surface area (Å²) >= 11 is 0. The Hall–Kier alpha value is -1.32. The summed E-state index contributed by atoms with van der Waals surface area (Å²) in [6, 6.07) is 0.364. The molecule has 9 heteroatoms. The van der Waals surface area contributed by atoms with E-state index in [4.69, 9.17) is 4.74 Å².